The van der Waals surface area contributed by atoms with Gasteiger partial charge in [0, 0.05) is 28.5 Å². The van der Waals surface area contributed by atoms with Gasteiger partial charge in [-0.15, -0.1) is 0 Å². The average molecular weight is 295 g/mol. The van der Waals surface area contributed by atoms with Crippen molar-refractivity contribution in [1.82, 2.24) is 4.98 Å². The molecule has 1 atom stereocenters. The zero-order valence-electron chi connectivity index (χ0n) is 9.11. The van der Waals surface area contributed by atoms with Gasteiger partial charge in [-0.3, -0.25) is 4.98 Å². The van der Waals surface area contributed by atoms with Gasteiger partial charge in [-0.2, -0.15) is 0 Å². The Morgan fingerprint density at radius 2 is 2.18 bits per heavy atom. The van der Waals surface area contributed by atoms with Gasteiger partial charge in [0.2, 0.25) is 0 Å². The zero-order valence-corrected chi connectivity index (χ0v) is 10.7. The minimum absolute atomic E-state index is 0.274. The van der Waals surface area contributed by atoms with Crippen molar-refractivity contribution in [3.63, 3.8) is 0 Å². The first kappa shape index (κ1) is 12.2. The van der Waals surface area contributed by atoms with Gasteiger partial charge >= 0.3 is 0 Å². The first-order chi connectivity index (χ1) is 8.16. The van der Waals surface area contributed by atoms with Crippen LogP contribution < -0.4 is 5.73 Å². The highest BCUT2D eigenvalue weighted by molar-refractivity contribution is 9.10. The molecule has 2 rings (SSSR count). The molecule has 0 radical (unpaired) electrons. The molecule has 2 aromatic rings. The minimum Gasteiger partial charge on any atom is -0.324 e. The maximum atomic E-state index is 13.6. The topological polar surface area (TPSA) is 38.9 Å². The molecule has 0 fully saturated rings. The van der Waals surface area contributed by atoms with Crippen LogP contribution >= 0.6 is 15.9 Å². The second kappa shape index (κ2) is 5.38. The number of hydrogen-bond acceptors (Lipinski definition) is 2. The number of hydrogen-bond donors (Lipinski definition) is 1. The lowest BCUT2D eigenvalue weighted by molar-refractivity contribution is 0.579. The van der Waals surface area contributed by atoms with Crippen molar-refractivity contribution in [3.8, 4) is 0 Å². The van der Waals surface area contributed by atoms with Gasteiger partial charge in [-0.1, -0.05) is 22.0 Å². The van der Waals surface area contributed by atoms with E-state index in [0.717, 1.165) is 10.0 Å². The summed E-state index contributed by atoms with van der Waals surface area (Å²) in [7, 11) is 0. The molecule has 0 aliphatic heterocycles. The van der Waals surface area contributed by atoms with Crippen LogP contribution in [0.1, 0.15) is 17.2 Å². The third-order valence-electron chi connectivity index (χ3n) is 2.54. The molecule has 17 heavy (non-hydrogen) atoms. The molecule has 88 valence electrons. The van der Waals surface area contributed by atoms with Gasteiger partial charge in [-0.05, 0) is 36.2 Å². The molecular weight excluding hydrogens is 283 g/mol. The third-order valence-corrected chi connectivity index (χ3v) is 3.03. The molecule has 1 aromatic carbocycles. The lowest BCUT2D eigenvalue weighted by Gasteiger charge is -2.13. The van der Waals surface area contributed by atoms with Gasteiger partial charge < -0.3 is 5.73 Å². The monoisotopic (exact) mass is 294 g/mol. The Hall–Kier alpha value is -1.26. The molecule has 0 spiro atoms. The number of halogens is 2. The van der Waals surface area contributed by atoms with Gasteiger partial charge in [0.1, 0.15) is 5.82 Å². The van der Waals surface area contributed by atoms with Crippen LogP contribution in [-0.2, 0) is 6.42 Å². The van der Waals surface area contributed by atoms with Crippen molar-refractivity contribution in [2.24, 2.45) is 5.73 Å². The Bertz CT molecular complexity index is 502. The Labute approximate surface area is 108 Å². The van der Waals surface area contributed by atoms with E-state index in [0.29, 0.717) is 12.0 Å². The van der Waals surface area contributed by atoms with Crippen molar-refractivity contribution in [3.05, 3.63) is 64.1 Å². The van der Waals surface area contributed by atoms with Crippen molar-refractivity contribution in [2.75, 3.05) is 0 Å². The highest BCUT2D eigenvalue weighted by atomic mass is 79.9. The van der Waals surface area contributed by atoms with Gasteiger partial charge in [0.05, 0.1) is 0 Å². The largest absolute Gasteiger partial charge is 0.324 e. The summed E-state index contributed by atoms with van der Waals surface area (Å²) in [5, 5.41) is 0. The molecular formula is C13H12BrFN2. The minimum atomic E-state index is -0.364. The first-order valence-electron chi connectivity index (χ1n) is 5.26. The number of nitrogens with zero attached hydrogens (tertiary/aromatic N) is 1. The fraction of sp³-hybridized carbons (Fsp3) is 0.154. The molecule has 1 aromatic heterocycles. The van der Waals surface area contributed by atoms with E-state index in [1.165, 1.54) is 6.07 Å². The quantitative estimate of drug-likeness (QED) is 0.944. The second-order valence-corrected chi connectivity index (χ2v) is 4.75. The summed E-state index contributed by atoms with van der Waals surface area (Å²) < 4.78 is 14.4. The second-order valence-electron chi connectivity index (χ2n) is 3.84. The number of benzene rings is 1. The third kappa shape index (κ3) is 3.11. The molecule has 0 amide bonds. The SMILES string of the molecule is NC(Cc1cccnc1)c1cc(Br)ccc1F. The first-order valence-corrected chi connectivity index (χ1v) is 6.05. The molecule has 2 nitrogen and oxygen atoms in total. The van der Waals surface area contributed by atoms with E-state index in [4.69, 9.17) is 5.73 Å². The van der Waals surface area contributed by atoms with Gasteiger partial charge in [-0.25, -0.2) is 4.39 Å². The van der Waals surface area contributed by atoms with Crippen LogP contribution in [0.25, 0.3) is 0 Å². The molecule has 4 heteroatoms. The van der Waals surface area contributed by atoms with Crippen LogP contribution in [0, 0.1) is 5.82 Å². The number of pyridine rings is 1. The number of rotatable bonds is 3. The van der Waals surface area contributed by atoms with Gasteiger partial charge in [0.25, 0.3) is 0 Å². The average Bonchev–Trinajstić information content (AvgIpc) is 2.33. The van der Waals surface area contributed by atoms with Crippen molar-refractivity contribution < 1.29 is 4.39 Å². The normalized spacial score (nSPS) is 12.4. The van der Waals surface area contributed by atoms with Crippen molar-refractivity contribution in [1.29, 1.82) is 0 Å². The lowest BCUT2D eigenvalue weighted by Crippen LogP contribution is -2.15. The van der Waals surface area contributed by atoms with Crippen LogP contribution in [0.3, 0.4) is 0 Å². The zero-order chi connectivity index (χ0) is 12.3. The smallest absolute Gasteiger partial charge is 0.128 e. The van der Waals surface area contributed by atoms with Gasteiger partial charge in [0.15, 0.2) is 0 Å². The summed E-state index contributed by atoms with van der Waals surface area (Å²) in [6.45, 7) is 0. The Morgan fingerprint density at radius 1 is 1.35 bits per heavy atom. The Balaban J connectivity index is 2.20. The predicted octanol–water partition coefficient (Wildman–Crippen LogP) is 3.23. The molecule has 0 aliphatic rings. The standard InChI is InChI=1S/C13H12BrFN2/c14-10-3-4-12(15)11(7-10)13(16)6-9-2-1-5-17-8-9/h1-5,7-8,13H,6,16H2. The van der Waals surface area contributed by atoms with E-state index in [2.05, 4.69) is 20.9 Å². The fourth-order valence-corrected chi connectivity index (χ4v) is 2.06. The van der Waals surface area contributed by atoms with Crippen molar-refractivity contribution >= 4 is 15.9 Å². The summed E-state index contributed by atoms with van der Waals surface area (Å²) in [6, 6.07) is 8.22. The van der Waals surface area contributed by atoms with Crippen LogP contribution in [0.2, 0.25) is 0 Å². The van der Waals surface area contributed by atoms with Crippen molar-refractivity contribution in [2.45, 2.75) is 12.5 Å². The highest BCUT2D eigenvalue weighted by Gasteiger charge is 2.12. The Morgan fingerprint density at radius 3 is 2.88 bits per heavy atom. The molecule has 1 heterocycles. The predicted molar refractivity (Wildman–Crippen MR) is 69.0 cm³/mol. The van der Waals surface area contributed by atoms with Crippen LogP contribution in [0.15, 0.2) is 47.2 Å². The van der Waals surface area contributed by atoms with E-state index in [-0.39, 0.29) is 11.9 Å². The molecule has 0 aliphatic carbocycles. The summed E-state index contributed by atoms with van der Waals surface area (Å²) in [5.74, 6) is -0.274. The lowest BCUT2D eigenvalue weighted by atomic mass is 10.0. The molecule has 1 unspecified atom stereocenters. The number of aromatic nitrogens is 1. The summed E-state index contributed by atoms with van der Waals surface area (Å²) in [5.41, 5.74) is 7.52. The molecule has 0 bridgehead atoms. The number of nitrogens with two attached hydrogens (primary N) is 1. The van der Waals surface area contributed by atoms with Crippen LogP contribution in [0.5, 0.6) is 0 Å². The van der Waals surface area contributed by atoms with E-state index in [1.54, 1.807) is 24.5 Å². The molecule has 0 saturated heterocycles. The maximum absolute atomic E-state index is 13.6. The Kier molecular flexibility index (Phi) is 3.86. The van der Waals surface area contributed by atoms with E-state index in [1.807, 2.05) is 12.1 Å². The van der Waals surface area contributed by atoms with E-state index >= 15 is 0 Å². The summed E-state index contributed by atoms with van der Waals surface area (Å²) >= 11 is 3.32. The fourth-order valence-electron chi connectivity index (χ4n) is 1.68. The summed E-state index contributed by atoms with van der Waals surface area (Å²) in [4.78, 5) is 4.01. The van der Waals surface area contributed by atoms with E-state index in [9.17, 15) is 4.39 Å². The highest BCUT2D eigenvalue weighted by Crippen LogP contribution is 2.22. The summed E-state index contributed by atoms with van der Waals surface area (Å²) in [6.07, 6.45) is 4.02. The molecule has 2 N–H and O–H groups in total. The molecule has 0 saturated carbocycles. The van der Waals surface area contributed by atoms with E-state index < -0.39 is 0 Å². The van der Waals surface area contributed by atoms with Crippen LogP contribution in [0.4, 0.5) is 4.39 Å². The maximum Gasteiger partial charge on any atom is 0.128 e. The van der Waals surface area contributed by atoms with Crippen LogP contribution in [-0.4, -0.2) is 4.98 Å².